The minimum absolute atomic E-state index is 0.270. The second kappa shape index (κ2) is 13.2. The normalized spacial score (nSPS) is 15.7. The third-order valence-corrected chi connectivity index (χ3v) is 8.36. The molecule has 1 aromatic heterocycles. The number of aryl methyl sites for hydroxylation is 1. The average molecular weight is 537 g/mol. The van der Waals surface area contributed by atoms with Crippen molar-refractivity contribution in [2.75, 3.05) is 41.5 Å². The molecule has 1 atom stereocenters. The number of rotatable bonds is 13. The van der Waals surface area contributed by atoms with E-state index in [0.29, 0.717) is 28.7 Å². The maximum atomic E-state index is 13.5. The Kier molecular flexibility index (Phi) is 9.68. The summed E-state index contributed by atoms with van der Waals surface area (Å²) in [5.41, 5.74) is 2.05. The molecule has 4 rings (SSSR count). The van der Waals surface area contributed by atoms with E-state index in [2.05, 4.69) is 28.2 Å². The predicted molar refractivity (Wildman–Crippen MR) is 151 cm³/mol. The van der Waals surface area contributed by atoms with Gasteiger partial charge in [-0.05, 0) is 94.4 Å². The molecule has 1 unspecified atom stereocenters. The van der Waals surface area contributed by atoms with Crippen LogP contribution in [0.15, 0.2) is 30.3 Å². The van der Waals surface area contributed by atoms with E-state index in [1.165, 1.54) is 18.6 Å². The van der Waals surface area contributed by atoms with Gasteiger partial charge in [-0.3, -0.25) is 5.10 Å². The highest BCUT2D eigenvalue weighted by Gasteiger charge is 2.42. The molecule has 0 spiro atoms. The average Bonchev–Trinajstić information content (AvgIpc) is 3.36. The van der Waals surface area contributed by atoms with Crippen LogP contribution in [0.4, 0.5) is 4.39 Å². The fraction of sp³-hybridized carbons (Fsp3) is 0.548. The van der Waals surface area contributed by atoms with Crippen molar-refractivity contribution in [2.45, 2.75) is 63.2 Å². The van der Waals surface area contributed by atoms with E-state index in [9.17, 15) is 9.65 Å². The molecule has 1 aliphatic carbocycles. The smallest absolute Gasteiger partial charge is 0.203 e. The number of fused-ring (bicyclic) bond motifs is 1. The van der Waals surface area contributed by atoms with Gasteiger partial charge in [0.05, 0.1) is 38.3 Å². The van der Waals surface area contributed by atoms with Gasteiger partial charge in [0, 0.05) is 17.1 Å². The number of halogens is 1. The first-order chi connectivity index (χ1) is 18.9. The highest BCUT2D eigenvalue weighted by Crippen LogP contribution is 2.48. The van der Waals surface area contributed by atoms with Crippen LogP contribution >= 0.6 is 0 Å². The highest BCUT2D eigenvalue weighted by atomic mass is 19.1. The van der Waals surface area contributed by atoms with Crippen molar-refractivity contribution in [3.8, 4) is 23.3 Å². The van der Waals surface area contributed by atoms with Gasteiger partial charge >= 0.3 is 0 Å². The first-order valence-corrected chi connectivity index (χ1v) is 14.0. The van der Waals surface area contributed by atoms with E-state index >= 15 is 0 Å². The van der Waals surface area contributed by atoms with Crippen LogP contribution < -0.4 is 14.2 Å². The Hall–Kier alpha value is -3.31. The number of aromatic amines is 1. The van der Waals surface area contributed by atoms with Crippen molar-refractivity contribution in [3.05, 3.63) is 47.4 Å². The molecule has 39 heavy (non-hydrogen) atoms. The number of nitrogens with zero attached hydrogens (tertiary/aromatic N) is 3. The third-order valence-electron chi connectivity index (χ3n) is 8.36. The lowest BCUT2D eigenvalue weighted by Gasteiger charge is -2.39. The van der Waals surface area contributed by atoms with Crippen LogP contribution in [0.1, 0.15) is 62.6 Å². The topological polar surface area (TPSA) is 83.4 Å². The molecule has 1 fully saturated rings. The van der Waals surface area contributed by atoms with Crippen LogP contribution in [0.5, 0.6) is 17.2 Å². The van der Waals surface area contributed by atoms with Gasteiger partial charge in [-0.2, -0.15) is 10.4 Å². The molecular weight excluding hydrogens is 495 g/mol. The molecule has 0 saturated heterocycles. The van der Waals surface area contributed by atoms with Gasteiger partial charge in [-0.25, -0.2) is 4.39 Å². The maximum absolute atomic E-state index is 13.5. The Morgan fingerprint density at radius 1 is 1.03 bits per heavy atom. The summed E-state index contributed by atoms with van der Waals surface area (Å²) in [7, 11) is 6.97. The summed E-state index contributed by atoms with van der Waals surface area (Å²) in [6.45, 7) is 1.82. The third kappa shape index (κ3) is 6.30. The second-order valence-electron chi connectivity index (χ2n) is 10.7. The first kappa shape index (κ1) is 28.7. The van der Waals surface area contributed by atoms with E-state index in [4.69, 9.17) is 14.2 Å². The van der Waals surface area contributed by atoms with Gasteiger partial charge in [-0.1, -0.05) is 19.3 Å². The molecule has 1 N–H and O–H groups in total. The zero-order valence-electron chi connectivity index (χ0n) is 23.7. The number of aromatic nitrogens is 2. The number of hydrogen-bond acceptors (Lipinski definition) is 6. The van der Waals surface area contributed by atoms with Crippen molar-refractivity contribution in [3.63, 3.8) is 0 Å². The first-order valence-electron chi connectivity index (χ1n) is 14.0. The van der Waals surface area contributed by atoms with Gasteiger partial charge in [0.25, 0.3) is 0 Å². The fourth-order valence-electron chi connectivity index (χ4n) is 6.23. The van der Waals surface area contributed by atoms with Gasteiger partial charge in [0.15, 0.2) is 11.5 Å². The van der Waals surface area contributed by atoms with Crippen LogP contribution in [-0.2, 0) is 11.8 Å². The van der Waals surface area contributed by atoms with Gasteiger partial charge in [-0.15, -0.1) is 0 Å². The Morgan fingerprint density at radius 3 is 2.36 bits per heavy atom. The molecule has 0 aliphatic heterocycles. The Morgan fingerprint density at radius 2 is 1.72 bits per heavy atom. The summed E-state index contributed by atoms with van der Waals surface area (Å²) < 4.78 is 30.3. The van der Waals surface area contributed by atoms with Crippen molar-refractivity contribution in [2.24, 2.45) is 5.92 Å². The number of ether oxygens (including phenoxy) is 3. The largest absolute Gasteiger partial charge is 0.493 e. The number of nitriles is 1. The summed E-state index contributed by atoms with van der Waals surface area (Å²) in [6, 6.07) is 11.5. The zero-order valence-corrected chi connectivity index (χ0v) is 23.7. The van der Waals surface area contributed by atoms with Crippen molar-refractivity contribution in [1.82, 2.24) is 15.1 Å². The van der Waals surface area contributed by atoms with Gasteiger partial charge in [0.1, 0.15) is 5.82 Å². The Labute approximate surface area is 231 Å². The molecule has 0 bridgehead atoms. The van der Waals surface area contributed by atoms with E-state index in [1.807, 2.05) is 12.1 Å². The second-order valence-corrected chi connectivity index (χ2v) is 10.7. The van der Waals surface area contributed by atoms with Crippen LogP contribution in [0, 0.1) is 23.1 Å². The fourth-order valence-corrected chi connectivity index (χ4v) is 6.23. The SMILES string of the molecule is COc1cc(C(C#N)(CCCN(C)CCCc2[nH]nc3cc(F)ccc23)C2CCCCC2)cc(OC)c1OC. The quantitative estimate of drug-likeness (QED) is 0.272. The predicted octanol–water partition coefficient (Wildman–Crippen LogP) is 6.41. The number of H-pyrrole nitrogens is 1. The lowest BCUT2D eigenvalue weighted by molar-refractivity contribution is 0.222. The van der Waals surface area contributed by atoms with Crippen LogP contribution in [0.2, 0.25) is 0 Å². The summed E-state index contributed by atoms with van der Waals surface area (Å²) >= 11 is 0. The number of methoxy groups -OCH3 is 3. The molecule has 1 saturated carbocycles. The van der Waals surface area contributed by atoms with E-state index in [1.54, 1.807) is 27.4 Å². The van der Waals surface area contributed by atoms with E-state index < -0.39 is 5.41 Å². The summed E-state index contributed by atoms with van der Waals surface area (Å²) in [6.07, 6.45) is 9.16. The van der Waals surface area contributed by atoms with E-state index in [0.717, 1.165) is 81.1 Å². The van der Waals surface area contributed by atoms with Crippen molar-refractivity contribution < 1.29 is 18.6 Å². The number of hydrogen-bond donors (Lipinski definition) is 1. The van der Waals surface area contributed by atoms with Crippen LogP contribution in [-0.4, -0.2) is 56.6 Å². The zero-order chi connectivity index (χ0) is 27.8. The summed E-state index contributed by atoms with van der Waals surface area (Å²) in [5.74, 6) is 1.76. The minimum Gasteiger partial charge on any atom is -0.493 e. The monoisotopic (exact) mass is 536 g/mol. The van der Waals surface area contributed by atoms with Gasteiger partial charge in [0.2, 0.25) is 5.75 Å². The van der Waals surface area contributed by atoms with Crippen molar-refractivity contribution in [1.29, 1.82) is 5.26 Å². The Balaban J connectivity index is 1.44. The number of benzene rings is 2. The van der Waals surface area contributed by atoms with Crippen LogP contribution in [0.3, 0.4) is 0 Å². The van der Waals surface area contributed by atoms with Gasteiger partial charge < -0.3 is 19.1 Å². The molecular formula is C31H41FN4O3. The molecule has 0 amide bonds. The molecule has 8 heteroatoms. The highest BCUT2D eigenvalue weighted by molar-refractivity contribution is 5.81. The van der Waals surface area contributed by atoms with Crippen molar-refractivity contribution >= 4 is 10.9 Å². The van der Waals surface area contributed by atoms with Crippen LogP contribution in [0.25, 0.3) is 10.9 Å². The molecule has 210 valence electrons. The molecule has 1 heterocycles. The number of nitrogens with one attached hydrogen (secondary N) is 1. The van der Waals surface area contributed by atoms with E-state index in [-0.39, 0.29) is 5.82 Å². The summed E-state index contributed by atoms with van der Waals surface area (Å²) in [4.78, 5) is 2.33. The molecule has 0 radical (unpaired) electrons. The molecule has 3 aromatic rings. The standard InChI is InChI=1S/C31H41FN4O3/c1-36(16-8-12-26-25-14-13-24(32)20-27(25)35-34-26)17-9-15-31(21-33,22-10-6-5-7-11-22)23-18-28(37-2)30(39-4)29(19-23)38-3/h13-14,18-20,22H,5-12,15-17H2,1-4H3,(H,34,35). The summed E-state index contributed by atoms with van der Waals surface area (Å²) in [5, 5.41) is 19.0. The minimum atomic E-state index is -0.613. The lowest BCUT2D eigenvalue weighted by Crippen LogP contribution is -2.36. The maximum Gasteiger partial charge on any atom is 0.203 e. The molecule has 2 aromatic carbocycles. The molecule has 7 nitrogen and oxygen atoms in total. The Bertz CT molecular complexity index is 1260. The molecule has 1 aliphatic rings. The lowest BCUT2D eigenvalue weighted by atomic mass is 9.63.